The van der Waals surface area contributed by atoms with Crippen molar-refractivity contribution in [1.29, 1.82) is 0 Å². The lowest BCUT2D eigenvalue weighted by atomic mass is 9.92. The van der Waals surface area contributed by atoms with Crippen LogP contribution in [0.4, 0.5) is 5.69 Å². The van der Waals surface area contributed by atoms with Crippen molar-refractivity contribution in [3.63, 3.8) is 0 Å². The lowest BCUT2D eigenvalue weighted by Gasteiger charge is -2.32. The molecule has 1 amide bonds. The number of aliphatic hydroxyl groups is 1. The molecular weight excluding hydrogens is 256 g/mol. The van der Waals surface area contributed by atoms with E-state index >= 15 is 0 Å². The molecule has 0 aromatic heterocycles. The number of carbonyl (C=O) groups is 1. The summed E-state index contributed by atoms with van der Waals surface area (Å²) in [7, 11) is 0. The quantitative estimate of drug-likeness (QED) is 0.637. The Balaban J connectivity index is 2.16. The van der Waals surface area contributed by atoms with E-state index in [1.807, 2.05) is 0 Å². The van der Waals surface area contributed by atoms with Crippen molar-refractivity contribution in [3.8, 4) is 5.75 Å². The molecular formula is C15H22N2O3. The van der Waals surface area contributed by atoms with Crippen molar-refractivity contribution in [2.24, 2.45) is 0 Å². The minimum Gasteiger partial charge on any atom is -0.506 e. The summed E-state index contributed by atoms with van der Waals surface area (Å²) in [5, 5.41) is 26.1. The van der Waals surface area contributed by atoms with Crippen LogP contribution in [0.25, 0.3) is 0 Å². The van der Waals surface area contributed by atoms with Gasteiger partial charge in [-0.1, -0.05) is 12.5 Å². The number of anilines is 1. The highest BCUT2D eigenvalue weighted by Gasteiger charge is 2.26. The molecule has 1 aromatic carbocycles. The van der Waals surface area contributed by atoms with E-state index in [4.69, 9.17) is 0 Å². The molecule has 1 aliphatic rings. The summed E-state index contributed by atoms with van der Waals surface area (Å²) in [4.78, 5) is 11.1. The molecule has 0 bridgehead atoms. The predicted octanol–water partition coefficient (Wildman–Crippen LogP) is 1.91. The molecule has 3 unspecified atom stereocenters. The molecule has 0 spiro atoms. The third-order valence-corrected chi connectivity index (χ3v) is 3.70. The normalized spacial score (nSPS) is 24.1. The van der Waals surface area contributed by atoms with E-state index in [1.54, 1.807) is 12.1 Å². The number of phenolic OH excluding ortho intramolecular Hbond substituents is 1. The number of aliphatic hydroxyl groups excluding tert-OH is 1. The van der Waals surface area contributed by atoms with Crippen LogP contribution in [0.3, 0.4) is 0 Å². The summed E-state index contributed by atoms with van der Waals surface area (Å²) in [6, 6.07) is 5.22. The first-order valence-electron chi connectivity index (χ1n) is 7.02. The zero-order valence-electron chi connectivity index (χ0n) is 11.9. The van der Waals surface area contributed by atoms with Gasteiger partial charge in [0.2, 0.25) is 5.91 Å². The Morgan fingerprint density at radius 1 is 1.45 bits per heavy atom. The van der Waals surface area contributed by atoms with Gasteiger partial charge in [-0.05, 0) is 37.5 Å². The van der Waals surface area contributed by atoms with E-state index in [2.05, 4.69) is 17.6 Å². The van der Waals surface area contributed by atoms with E-state index in [-0.39, 0.29) is 17.7 Å². The smallest absolute Gasteiger partial charge is 0.221 e. The van der Waals surface area contributed by atoms with E-state index in [9.17, 15) is 15.0 Å². The maximum atomic E-state index is 11.1. The topological polar surface area (TPSA) is 81.6 Å². The fourth-order valence-electron chi connectivity index (χ4n) is 2.68. The van der Waals surface area contributed by atoms with Gasteiger partial charge in [-0.25, -0.2) is 0 Å². The zero-order valence-corrected chi connectivity index (χ0v) is 11.9. The van der Waals surface area contributed by atoms with Gasteiger partial charge in [0, 0.05) is 19.0 Å². The molecule has 5 heteroatoms. The van der Waals surface area contributed by atoms with Gasteiger partial charge >= 0.3 is 0 Å². The van der Waals surface area contributed by atoms with Crippen LogP contribution >= 0.6 is 0 Å². The maximum absolute atomic E-state index is 11.1. The van der Waals surface area contributed by atoms with E-state index in [1.165, 1.54) is 13.0 Å². The van der Waals surface area contributed by atoms with Crippen LogP contribution < -0.4 is 10.6 Å². The lowest BCUT2D eigenvalue weighted by Crippen LogP contribution is -2.44. The van der Waals surface area contributed by atoms with Gasteiger partial charge < -0.3 is 20.8 Å². The average molecular weight is 278 g/mol. The molecule has 0 saturated carbocycles. The molecule has 0 radical (unpaired) electrons. The standard InChI is InChI=1S/C15H22N2O3/c1-9-4-3-5-12(16-9)15(20)11-6-7-14(19)13(8-11)17-10(2)18/h6-9,12,15-16,19-20H,3-5H2,1-2H3,(H,17,18). The summed E-state index contributed by atoms with van der Waals surface area (Å²) in [5.41, 5.74) is 1.02. The largest absolute Gasteiger partial charge is 0.506 e. The van der Waals surface area contributed by atoms with Crippen molar-refractivity contribution in [3.05, 3.63) is 23.8 Å². The molecule has 1 heterocycles. The minimum atomic E-state index is -0.647. The van der Waals surface area contributed by atoms with Crippen LogP contribution in [0.1, 0.15) is 44.8 Å². The molecule has 5 nitrogen and oxygen atoms in total. The maximum Gasteiger partial charge on any atom is 0.221 e. The van der Waals surface area contributed by atoms with E-state index < -0.39 is 6.10 Å². The van der Waals surface area contributed by atoms with Gasteiger partial charge in [0.1, 0.15) is 5.75 Å². The van der Waals surface area contributed by atoms with Crippen LogP contribution in [-0.4, -0.2) is 28.2 Å². The molecule has 1 fully saturated rings. The number of hydrogen-bond acceptors (Lipinski definition) is 4. The third-order valence-electron chi connectivity index (χ3n) is 3.70. The summed E-state index contributed by atoms with van der Waals surface area (Å²) in [6.07, 6.45) is 2.48. The van der Waals surface area contributed by atoms with E-state index in [0.717, 1.165) is 19.3 Å². The molecule has 2 rings (SSSR count). The van der Waals surface area contributed by atoms with Gasteiger partial charge in [-0.2, -0.15) is 0 Å². The third kappa shape index (κ3) is 3.49. The number of phenols is 1. The van der Waals surface area contributed by atoms with Gasteiger partial charge in [-0.3, -0.25) is 4.79 Å². The highest BCUT2D eigenvalue weighted by Crippen LogP contribution is 2.30. The number of amides is 1. The zero-order chi connectivity index (χ0) is 14.7. The first kappa shape index (κ1) is 14.8. The molecule has 0 aliphatic carbocycles. The first-order valence-corrected chi connectivity index (χ1v) is 7.02. The number of carbonyl (C=O) groups excluding carboxylic acids is 1. The molecule has 3 atom stereocenters. The van der Waals surface area contributed by atoms with Crippen LogP contribution in [0.15, 0.2) is 18.2 Å². The highest BCUT2D eigenvalue weighted by molar-refractivity contribution is 5.90. The molecule has 110 valence electrons. The van der Waals surface area contributed by atoms with Gasteiger partial charge in [0.25, 0.3) is 0 Å². The number of hydrogen-bond donors (Lipinski definition) is 4. The van der Waals surface area contributed by atoms with Crippen LogP contribution in [0, 0.1) is 0 Å². The van der Waals surface area contributed by atoms with Crippen LogP contribution in [0.2, 0.25) is 0 Å². The monoisotopic (exact) mass is 278 g/mol. The number of benzene rings is 1. The Morgan fingerprint density at radius 2 is 2.20 bits per heavy atom. The second kappa shape index (κ2) is 6.24. The summed E-state index contributed by atoms with van der Waals surface area (Å²) in [5.74, 6) is -0.252. The second-order valence-electron chi connectivity index (χ2n) is 5.51. The molecule has 4 N–H and O–H groups in total. The van der Waals surface area contributed by atoms with Crippen molar-refractivity contribution >= 4 is 11.6 Å². The molecule has 20 heavy (non-hydrogen) atoms. The van der Waals surface area contributed by atoms with Gasteiger partial charge in [0.15, 0.2) is 0 Å². The lowest BCUT2D eigenvalue weighted by molar-refractivity contribution is -0.114. The Labute approximate surface area is 119 Å². The highest BCUT2D eigenvalue weighted by atomic mass is 16.3. The fraction of sp³-hybridized carbons (Fsp3) is 0.533. The van der Waals surface area contributed by atoms with Crippen LogP contribution in [0.5, 0.6) is 5.75 Å². The van der Waals surface area contributed by atoms with Crippen LogP contribution in [-0.2, 0) is 4.79 Å². The average Bonchev–Trinajstić information content (AvgIpc) is 2.40. The minimum absolute atomic E-state index is 0.00104. The Morgan fingerprint density at radius 3 is 2.85 bits per heavy atom. The van der Waals surface area contributed by atoms with Gasteiger partial charge in [-0.15, -0.1) is 0 Å². The Hall–Kier alpha value is -1.59. The summed E-state index contributed by atoms with van der Waals surface area (Å²) >= 11 is 0. The Kier molecular flexibility index (Phi) is 4.62. The van der Waals surface area contributed by atoms with E-state index in [0.29, 0.717) is 17.3 Å². The van der Waals surface area contributed by atoms with Crippen molar-refractivity contribution in [2.75, 3.05) is 5.32 Å². The van der Waals surface area contributed by atoms with Gasteiger partial charge in [0.05, 0.1) is 11.8 Å². The Bertz CT molecular complexity index is 490. The van der Waals surface area contributed by atoms with Crippen molar-refractivity contribution in [2.45, 2.75) is 51.3 Å². The molecule has 1 saturated heterocycles. The second-order valence-corrected chi connectivity index (χ2v) is 5.51. The molecule has 1 aromatic rings. The summed E-state index contributed by atoms with van der Waals surface area (Å²) < 4.78 is 0. The number of rotatable bonds is 3. The van der Waals surface area contributed by atoms with Crippen molar-refractivity contribution < 1.29 is 15.0 Å². The number of piperidine rings is 1. The first-order chi connectivity index (χ1) is 9.47. The predicted molar refractivity (Wildman–Crippen MR) is 77.6 cm³/mol. The summed E-state index contributed by atoms with van der Waals surface area (Å²) in [6.45, 7) is 3.49. The SMILES string of the molecule is CC(=O)Nc1cc(C(O)C2CCCC(C)N2)ccc1O. The number of aromatic hydroxyl groups is 1. The van der Waals surface area contributed by atoms with Crippen molar-refractivity contribution in [1.82, 2.24) is 5.32 Å². The molecule has 1 aliphatic heterocycles. The fourth-order valence-corrected chi connectivity index (χ4v) is 2.68. The number of nitrogens with one attached hydrogen (secondary N) is 2.